The minimum absolute atomic E-state index is 0.130. The summed E-state index contributed by atoms with van der Waals surface area (Å²) in [7, 11) is 0. The molecule has 28 heavy (non-hydrogen) atoms. The van der Waals surface area contributed by atoms with Crippen LogP contribution in [-0.4, -0.2) is 35.9 Å². The third kappa shape index (κ3) is 4.01. The van der Waals surface area contributed by atoms with Crippen molar-refractivity contribution in [2.45, 2.75) is 26.9 Å². The molecule has 0 spiro atoms. The molecule has 0 aliphatic heterocycles. The van der Waals surface area contributed by atoms with Gasteiger partial charge in [0, 0.05) is 18.5 Å². The van der Waals surface area contributed by atoms with E-state index in [-0.39, 0.29) is 17.6 Å². The number of carbonyl (C=O) groups is 2. The Balaban J connectivity index is 1.89. The van der Waals surface area contributed by atoms with Crippen LogP contribution in [0.4, 0.5) is 5.69 Å². The van der Waals surface area contributed by atoms with Gasteiger partial charge in [-0.1, -0.05) is 30.3 Å². The molecule has 0 radical (unpaired) electrons. The Bertz CT molecular complexity index is 961. The lowest BCUT2D eigenvalue weighted by Gasteiger charge is -2.18. The minimum atomic E-state index is -0.743. The second-order valence-corrected chi connectivity index (χ2v) is 6.34. The molecule has 0 saturated heterocycles. The molecule has 146 valence electrons. The Morgan fingerprint density at radius 2 is 1.68 bits per heavy atom. The van der Waals surface area contributed by atoms with Crippen LogP contribution >= 0.6 is 0 Å². The van der Waals surface area contributed by atoms with Gasteiger partial charge in [0.05, 0.1) is 0 Å². The van der Waals surface area contributed by atoms with Crippen molar-refractivity contribution in [3.05, 3.63) is 60.4 Å². The summed E-state index contributed by atoms with van der Waals surface area (Å²) in [6.45, 7) is 6.56. The molecule has 6 nitrogen and oxygen atoms in total. The Morgan fingerprint density at radius 3 is 2.36 bits per heavy atom. The number of anilines is 1. The second-order valence-electron chi connectivity index (χ2n) is 6.34. The number of hydrogen-bond donors (Lipinski definition) is 1. The third-order valence-corrected chi connectivity index (χ3v) is 4.51. The van der Waals surface area contributed by atoms with E-state index in [1.165, 1.54) is 0 Å². The van der Waals surface area contributed by atoms with Crippen LogP contribution in [0.3, 0.4) is 0 Å². The van der Waals surface area contributed by atoms with Crippen LogP contribution in [0.5, 0.6) is 5.75 Å². The molecule has 0 saturated carbocycles. The summed E-state index contributed by atoms with van der Waals surface area (Å²) in [4.78, 5) is 27.3. The SMILES string of the molecule is CCN(CC)C(=O)c1oc2ccccc2c1NC(=O)C(C)Oc1ccccc1. The highest BCUT2D eigenvalue weighted by molar-refractivity contribution is 6.11. The van der Waals surface area contributed by atoms with Gasteiger partial charge in [0.25, 0.3) is 11.8 Å². The highest BCUT2D eigenvalue weighted by Crippen LogP contribution is 2.32. The van der Waals surface area contributed by atoms with Gasteiger partial charge >= 0.3 is 0 Å². The van der Waals surface area contributed by atoms with E-state index in [0.29, 0.717) is 35.5 Å². The lowest BCUT2D eigenvalue weighted by Crippen LogP contribution is -2.33. The number of hydrogen-bond acceptors (Lipinski definition) is 4. The molecule has 1 heterocycles. The molecular weight excluding hydrogens is 356 g/mol. The summed E-state index contributed by atoms with van der Waals surface area (Å²) < 4.78 is 11.5. The Morgan fingerprint density at radius 1 is 1.04 bits per heavy atom. The topological polar surface area (TPSA) is 71.8 Å². The number of nitrogens with zero attached hydrogens (tertiary/aromatic N) is 1. The van der Waals surface area contributed by atoms with E-state index in [1.807, 2.05) is 50.2 Å². The number of furan rings is 1. The van der Waals surface area contributed by atoms with Crippen molar-refractivity contribution in [2.24, 2.45) is 0 Å². The molecule has 3 aromatic rings. The first-order valence-electron chi connectivity index (χ1n) is 9.38. The Labute approximate surface area is 164 Å². The summed E-state index contributed by atoms with van der Waals surface area (Å²) in [5.74, 6) is 0.115. The van der Waals surface area contributed by atoms with Gasteiger partial charge in [-0.15, -0.1) is 0 Å². The maximum absolute atomic E-state index is 12.9. The van der Waals surface area contributed by atoms with Gasteiger partial charge in [-0.05, 0) is 45.0 Å². The standard InChI is InChI=1S/C22H24N2O4/c1-4-24(5-2)22(26)20-19(17-13-9-10-14-18(17)28-20)23-21(25)15(3)27-16-11-7-6-8-12-16/h6-15H,4-5H2,1-3H3,(H,23,25). The first kappa shape index (κ1) is 19.5. The van der Waals surface area contributed by atoms with Crippen molar-refractivity contribution in [1.29, 1.82) is 0 Å². The monoisotopic (exact) mass is 380 g/mol. The third-order valence-electron chi connectivity index (χ3n) is 4.51. The van der Waals surface area contributed by atoms with Crippen molar-refractivity contribution in [2.75, 3.05) is 18.4 Å². The van der Waals surface area contributed by atoms with E-state index in [9.17, 15) is 9.59 Å². The highest BCUT2D eigenvalue weighted by Gasteiger charge is 2.26. The van der Waals surface area contributed by atoms with E-state index in [1.54, 1.807) is 30.0 Å². The molecular formula is C22H24N2O4. The summed E-state index contributed by atoms with van der Waals surface area (Å²) >= 11 is 0. The molecule has 0 aliphatic carbocycles. The van der Waals surface area contributed by atoms with Crippen LogP contribution in [0.2, 0.25) is 0 Å². The van der Waals surface area contributed by atoms with Crippen molar-refractivity contribution >= 4 is 28.5 Å². The van der Waals surface area contributed by atoms with E-state index in [0.717, 1.165) is 0 Å². The fourth-order valence-electron chi connectivity index (χ4n) is 2.96. The summed E-state index contributed by atoms with van der Waals surface area (Å²) in [6.07, 6.45) is -0.743. The number of nitrogens with one attached hydrogen (secondary N) is 1. The van der Waals surface area contributed by atoms with Crippen LogP contribution in [0.1, 0.15) is 31.3 Å². The zero-order valence-electron chi connectivity index (χ0n) is 16.3. The van der Waals surface area contributed by atoms with Gasteiger partial charge in [-0.25, -0.2) is 0 Å². The van der Waals surface area contributed by atoms with Crippen LogP contribution in [0, 0.1) is 0 Å². The van der Waals surface area contributed by atoms with E-state index in [2.05, 4.69) is 5.32 Å². The number of ether oxygens (including phenoxy) is 1. The number of para-hydroxylation sites is 2. The Hall–Kier alpha value is -3.28. The van der Waals surface area contributed by atoms with E-state index < -0.39 is 6.10 Å². The molecule has 6 heteroatoms. The highest BCUT2D eigenvalue weighted by atomic mass is 16.5. The molecule has 1 aromatic heterocycles. The average molecular weight is 380 g/mol. The molecule has 0 aliphatic rings. The molecule has 2 aromatic carbocycles. The largest absolute Gasteiger partial charge is 0.481 e. The molecule has 2 amide bonds. The maximum atomic E-state index is 12.9. The number of amides is 2. The predicted molar refractivity (Wildman–Crippen MR) is 109 cm³/mol. The van der Waals surface area contributed by atoms with Crippen LogP contribution in [0.25, 0.3) is 11.0 Å². The lowest BCUT2D eigenvalue weighted by molar-refractivity contribution is -0.122. The van der Waals surface area contributed by atoms with Crippen LogP contribution in [-0.2, 0) is 4.79 Å². The number of benzene rings is 2. The average Bonchev–Trinajstić information content (AvgIpc) is 3.08. The maximum Gasteiger partial charge on any atom is 0.291 e. The normalized spacial score (nSPS) is 11.8. The summed E-state index contributed by atoms with van der Waals surface area (Å²) in [5.41, 5.74) is 0.922. The van der Waals surface area contributed by atoms with E-state index >= 15 is 0 Å². The molecule has 1 N–H and O–H groups in total. The van der Waals surface area contributed by atoms with Crippen LogP contribution in [0.15, 0.2) is 59.0 Å². The van der Waals surface area contributed by atoms with Crippen molar-refractivity contribution in [3.63, 3.8) is 0 Å². The minimum Gasteiger partial charge on any atom is -0.481 e. The Kier molecular flexibility index (Phi) is 5.99. The van der Waals surface area contributed by atoms with Gasteiger partial charge in [0.15, 0.2) is 6.10 Å². The first-order valence-corrected chi connectivity index (χ1v) is 9.38. The molecule has 1 unspecified atom stereocenters. The predicted octanol–water partition coefficient (Wildman–Crippen LogP) is 4.32. The molecule has 0 bridgehead atoms. The summed E-state index contributed by atoms with van der Waals surface area (Å²) in [5, 5.41) is 3.51. The van der Waals surface area contributed by atoms with Crippen molar-refractivity contribution in [1.82, 2.24) is 4.90 Å². The van der Waals surface area contributed by atoms with Gasteiger partial charge in [0.1, 0.15) is 17.0 Å². The fourth-order valence-corrected chi connectivity index (χ4v) is 2.96. The van der Waals surface area contributed by atoms with Crippen LogP contribution < -0.4 is 10.1 Å². The van der Waals surface area contributed by atoms with Gasteiger partial charge < -0.3 is 19.4 Å². The molecule has 0 fully saturated rings. The van der Waals surface area contributed by atoms with E-state index in [4.69, 9.17) is 9.15 Å². The smallest absolute Gasteiger partial charge is 0.291 e. The quantitative estimate of drug-likeness (QED) is 0.663. The van der Waals surface area contributed by atoms with Gasteiger partial charge in [0.2, 0.25) is 5.76 Å². The zero-order chi connectivity index (χ0) is 20.1. The fraction of sp³-hybridized carbons (Fsp3) is 0.273. The van der Waals surface area contributed by atoms with Crippen molar-refractivity contribution in [3.8, 4) is 5.75 Å². The molecule has 3 rings (SSSR count). The second kappa shape index (κ2) is 8.61. The number of fused-ring (bicyclic) bond motifs is 1. The number of carbonyl (C=O) groups excluding carboxylic acids is 2. The lowest BCUT2D eigenvalue weighted by atomic mass is 10.2. The summed E-state index contributed by atoms with van der Waals surface area (Å²) in [6, 6.07) is 16.4. The van der Waals surface area contributed by atoms with Gasteiger partial charge in [-0.2, -0.15) is 0 Å². The van der Waals surface area contributed by atoms with Gasteiger partial charge in [-0.3, -0.25) is 9.59 Å². The number of rotatable bonds is 7. The first-order chi connectivity index (χ1) is 13.5. The zero-order valence-corrected chi connectivity index (χ0v) is 16.3. The molecule has 1 atom stereocenters. The van der Waals surface area contributed by atoms with Crippen molar-refractivity contribution < 1.29 is 18.7 Å².